The largest absolute Gasteiger partial charge is 0.384 e. The Morgan fingerprint density at radius 3 is 3.00 bits per heavy atom. The van der Waals surface area contributed by atoms with Crippen molar-refractivity contribution in [3.63, 3.8) is 0 Å². The molecule has 0 saturated carbocycles. The molecule has 1 N–H and O–H groups in total. The van der Waals surface area contributed by atoms with Crippen LogP contribution in [0.5, 0.6) is 0 Å². The van der Waals surface area contributed by atoms with E-state index in [4.69, 9.17) is 0 Å². The van der Waals surface area contributed by atoms with Gasteiger partial charge in [-0.15, -0.1) is 0 Å². The summed E-state index contributed by atoms with van der Waals surface area (Å²) in [4.78, 5) is 0. The molecule has 0 radical (unpaired) electrons. The number of para-hydroxylation sites is 1. The highest BCUT2D eigenvalue weighted by molar-refractivity contribution is 5.79. The van der Waals surface area contributed by atoms with E-state index in [1.54, 1.807) is 0 Å². The second-order valence-electron chi connectivity index (χ2n) is 3.28. The van der Waals surface area contributed by atoms with Crippen LogP contribution in [-0.2, 0) is 0 Å². The van der Waals surface area contributed by atoms with Crippen LogP contribution in [0.3, 0.4) is 0 Å². The van der Waals surface area contributed by atoms with Gasteiger partial charge in [-0.05, 0) is 24.5 Å². The molecule has 0 aromatic heterocycles. The lowest BCUT2D eigenvalue weighted by Crippen LogP contribution is -2.11. The van der Waals surface area contributed by atoms with E-state index in [1.165, 1.54) is 22.4 Å². The Morgan fingerprint density at radius 1 is 1.42 bits per heavy atom. The van der Waals surface area contributed by atoms with Gasteiger partial charge in [0.15, 0.2) is 0 Å². The third kappa shape index (κ3) is 1.02. The van der Waals surface area contributed by atoms with Gasteiger partial charge in [0.1, 0.15) is 0 Å². The molecule has 0 fully saturated rings. The maximum absolute atomic E-state index is 4.06. The summed E-state index contributed by atoms with van der Waals surface area (Å²) in [6.07, 6.45) is 1.07. The van der Waals surface area contributed by atoms with Crippen LogP contribution in [0.1, 0.15) is 17.5 Å². The molecule has 1 aliphatic rings. The van der Waals surface area contributed by atoms with Crippen molar-refractivity contribution in [3.05, 3.63) is 35.9 Å². The molecule has 1 aromatic carbocycles. The lowest BCUT2D eigenvalue weighted by atomic mass is 9.96. The maximum atomic E-state index is 4.06. The van der Waals surface area contributed by atoms with Crippen molar-refractivity contribution < 1.29 is 0 Å². The first-order valence-electron chi connectivity index (χ1n) is 4.30. The normalized spacial score (nSPS) is 15.2. The van der Waals surface area contributed by atoms with Gasteiger partial charge >= 0.3 is 0 Å². The van der Waals surface area contributed by atoms with Gasteiger partial charge in [0.2, 0.25) is 0 Å². The highest BCUT2D eigenvalue weighted by atomic mass is 14.9. The summed E-state index contributed by atoms with van der Waals surface area (Å²) in [5, 5.41) is 3.40. The van der Waals surface area contributed by atoms with Crippen LogP contribution in [0.4, 0.5) is 5.69 Å². The Bertz CT molecular complexity index is 326. The van der Waals surface area contributed by atoms with Gasteiger partial charge in [0.05, 0.1) is 0 Å². The van der Waals surface area contributed by atoms with Gasteiger partial charge in [-0.1, -0.05) is 24.8 Å². The third-order valence-electron chi connectivity index (χ3n) is 2.38. The van der Waals surface area contributed by atoms with Crippen molar-refractivity contribution in [2.24, 2.45) is 0 Å². The smallest absolute Gasteiger partial charge is 0.0446 e. The van der Waals surface area contributed by atoms with Gasteiger partial charge in [0.25, 0.3) is 0 Å². The molecular weight excluding hydrogens is 146 g/mol. The topological polar surface area (TPSA) is 12.0 Å². The summed E-state index contributed by atoms with van der Waals surface area (Å²) >= 11 is 0. The summed E-state index contributed by atoms with van der Waals surface area (Å²) in [6.45, 7) is 7.21. The molecule has 0 aliphatic carbocycles. The molecule has 1 heterocycles. The predicted octanol–water partition coefficient (Wildman–Crippen LogP) is 2.82. The van der Waals surface area contributed by atoms with E-state index in [9.17, 15) is 0 Å². The minimum Gasteiger partial charge on any atom is -0.384 e. The zero-order valence-corrected chi connectivity index (χ0v) is 7.35. The van der Waals surface area contributed by atoms with Crippen LogP contribution in [0.25, 0.3) is 5.57 Å². The van der Waals surface area contributed by atoms with Crippen LogP contribution in [-0.4, -0.2) is 6.54 Å². The number of aryl methyl sites for hydroxylation is 1. The third-order valence-corrected chi connectivity index (χ3v) is 2.38. The van der Waals surface area contributed by atoms with Crippen molar-refractivity contribution >= 4 is 11.3 Å². The summed E-state index contributed by atoms with van der Waals surface area (Å²) in [5.41, 5.74) is 5.14. The lowest BCUT2D eigenvalue weighted by Gasteiger charge is -2.21. The van der Waals surface area contributed by atoms with E-state index >= 15 is 0 Å². The van der Waals surface area contributed by atoms with Crippen molar-refractivity contribution in [3.8, 4) is 0 Å². The minimum atomic E-state index is 1.02. The molecule has 0 amide bonds. The summed E-state index contributed by atoms with van der Waals surface area (Å²) in [7, 11) is 0. The Balaban J connectivity index is 2.59. The first kappa shape index (κ1) is 7.41. The highest BCUT2D eigenvalue weighted by Crippen LogP contribution is 2.31. The molecule has 62 valence electrons. The van der Waals surface area contributed by atoms with Crippen molar-refractivity contribution in [1.29, 1.82) is 0 Å². The Morgan fingerprint density at radius 2 is 2.25 bits per heavy atom. The second-order valence-corrected chi connectivity index (χ2v) is 3.28. The van der Waals surface area contributed by atoms with Gasteiger partial charge < -0.3 is 5.32 Å². The van der Waals surface area contributed by atoms with Crippen LogP contribution in [0, 0.1) is 6.92 Å². The Labute approximate surface area is 73.1 Å². The van der Waals surface area contributed by atoms with E-state index in [1.807, 2.05) is 0 Å². The molecule has 1 nitrogen and oxygen atoms in total. The number of rotatable bonds is 0. The Kier molecular flexibility index (Phi) is 1.65. The zero-order valence-electron chi connectivity index (χ0n) is 7.35. The van der Waals surface area contributed by atoms with E-state index in [0.29, 0.717) is 0 Å². The number of anilines is 1. The van der Waals surface area contributed by atoms with E-state index in [2.05, 4.69) is 37.0 Å². The highest BCUT2D eigenvalue weighted by Gasteiger charge is 2.12. The van der Waals surface area contributed by atoms with Crippen molar-refractivity contribution in [2.45, 2.75) is 13.3 Å². The average molecular weight is 159 g/mol. The van der Waals surface area contributed by atoms with Gasteiger partial charge in [-0.2, -0.15) is 0 Å². The average Bonchev–Trinajstić information content (AvgIpc) is 2.07. The number of benzene rings is 1. The fraction of sp³-hybridized carbons (Fsp3) is 0.273. The van der Waals surface area contributed by atoms with E-state index in [0.717, 1.165) is 13.0 Å². The number of hydrogen-bond donors (Lipinski definition) is 1. The molecule has 0 saturated heterocycles. The quantitative estimate of drug-likeness (QED) is 0.613. The fourth-order valence-electron chi connectivity index (χ4n) is 1.67. The molecule has 2 rings (SSSR count). The van der Waals surface area contributed by atoms with Gasteiger partial charge in [-0.3, -0.25) is 0 Å². The zero-order chi connectivity index (χ0) is 8.55. The monoisotopic (exact) mass is 159 g/mol. The molecule has 0 atom stereocenters. The summed E-state index contributed by atoms with van der Waals surface area (Å²) in [5.74, 6) is 0. The number of nitrogens with one attached hydrogen (secondary N) is 1. The lowest BCUT2D eigenvalue weighted by molar-refractivity contribution is 1.05. The van der Waals surface area contributed by atoms with Crippen LogP contribution < -0.4 is 5.32 Å². The number of fused-ring (bicyclic) bond motifs is 1. The fourth-order valence-corrected chi connectivity index (χ4v) is 1.67. The molecule has 1 aliphatic heterocycles. The molecule has 1 heteroatoms. The first-order chi connectivity index (χ1) is 5.79. The van der Waals surface area contributed by atoms with E-state index < -0.39 is 0 Å². The van der Waals surface area contributed by atoms with E-state index in [-0.39, 0.29) is 0 Å². The molecular formula is C11H13N. The van der Waals surface area contributed by atoms with Crippen LogP contribution in [0.15, 0.2) is 24.8 Å². The minimum absolute atomic E-state index is 1.02. The molecule has 0 bridgehead atoms. The predicted molar refractivity (Wildman–Crippen MR) is 53.3 cm³/mol. The van der Waals surface area contributed by atoms with Crippen LogP contribution >= 0.6 is 0 Å². The molecule has 0 unspecified atom stereocenters. The Hall–Kier alpha value is -1.24. The van der Waals surface area contributed by atoms with Gasteiger partial charge in [0, 0.05) is 17.8 Å². The molecule has 0 spiro atoms. The number of hydrogen-bond acceptors (Lipinski definition) is 1. The van der Waals surface area contributed by atoms with Crippen molar-refractivity contribution in [2.75, 3.05) is 11.9 Å². The standard InChI is InChI=1S/C11H13N/c1-8-6-7-12-11-9(2)4-3-5-10(8)11/h3-5,12H,1,6-7H2,2H3. The summed E-state index contributed by atoms with van der Waals surface area (Å²) < 4.78 is 0. The first-order valence-corrected chi connectivity index (χ1v) is 4.30. The van der Waals surface area contributed by atoms with Crippen molar-refractivity contribution in [1.82, 2.24) is 0 Å². The summed E-state index contributed by atoms with van der Waals surface area (Å²) in [6, 6.07) is 6.35. The second kappa shape index (κ2) is 2.67. The molecule has 12 heavy (non-hydrogen) atoms. The van der Waals surface area contributed by atoms with Gasteiger partial charge in [-0.25, -0.2) is 0 Å². The maximum Gasteiger partial charge on any atom is 0.0446 e. The molecule has 1 aromatic rings. The van der Waals surface area contributed by atoms with Crippen LogP contribution in [0.2, 0.25) is 0 Å². The SMILES string of the molecule is C=C1CCNc2c(C)cccc21.